The molecule has 27 heavy (non-hydrogen) atoms. The van der Waals surface area contributed by atoms with Crippen molar-refractivity contribution < 1.29 is 18.1 Å². The molecule has 0 unspecified atom stereocenters. The summed E-state index contributed by atoms with van der Waals surface area (Å²) < 4.78 is 26.9. The number of piperidine rings is 1. The van der Waals surface area contributed by atoms with Crippen LogP contribution in [0.4, 0.5) is 0 Å². The van der Waals surface area contributed by atoms with Gasteiger partial charge in [-0.3, -0.25) is 10.2 Å². The molecule has 2 aliphatic heterocycles. The van der Waals surface area contributed by atoms with Crippen LogP contribution in [0.5, 0.6) is 0 Å². The van der Waals surface area contributed by atoms with Crippen LogP contribution in [0.15, 0.2) is 29.2 Å². The first-order valence-electron chi connectivity index (χ1n) is 9.27. The fourth-order valence-corrected chi connectivity index (χ4v) is 4.93. The molecule has 0 saturated carbocycles. The first-order valence-corrected chi connectivity index (χ1v) is 10.7. The molecule has 0 bridgehead atoms. The molecule has 146 valence electrons. The summed E-state index contributed by atoms with van der Waals surface area (Å²) in [5, 5.41) is 10.8. The minimum Gasteiger partial charge on any atom is -0.335 e. The Morgan fingerprint density at radius 3 is 2.30 bits per heavy atom. The van der Waals surface area contributed by atoms with Gasteiger partial charge in [0.25, 0.3) is 0 Å². The number of nitrogens with one attached hydrogen (secondary N) is 2. The molecule has 2 heterocycles. The van der Waals surface area contributed by atoms with Crippen molar-refractivity contribution in [2.24, 2.45) is 5.92 Å². The first-order chi connectivity index (χ1) is 12.9. The molecule has 0 aliphatic carbocycles. The summed E-state index contributed by atoms with van der Waals surface area (Å²) in [4.78, 5) is 14.1. The van der Waals surface area contributed by atoms with Gasteiger partial charge in [-0.05, 0) is 37.1 Å². The minimum absolute atomic E-state index is 0.00928. The lowest BCUT2D eigenvalue weighted by Gasteiger charge is -2.34. The molecule has 1 aromatic carbocycles. The van der Waals surface area contributed by atoms with Crippen LogP contribution >= 0.6 is 0 Å². The predicted octanol–water partition coefficient (Wildman–Crippen LogP) is -1.18. The molecule has 0 spiro atoms. The van der Waals surface area contributed by atoms with Crippen LogP contribution in [-0.4, -0.2) is 70.0 Å². The van der Waals surface area contributed by atoms with E-state index in [4.69, 9.17) is 5.26 Å². The van der Waals surface area contributed by atoms with Gasteiger partial charge in [0, 0.05) is 19.0 Å². The maximum atomic E-state index is 12.7. The van der Waals surface area contributed by atoms with E-state index >= 15 is 0 Å². The molecule has 9 heteroatoms. The van der Waals surface area contributed by atoms with Gasteiger partial charge in [-0.25, -0.2) is 13.4 Å². The number of hydrogen-bond donors (Lipinski definition) is 2. The number of likely N-dealkylation sites (N-methyl/N-ethyl adjacent to an activating group) is 1. The van der Waals surface area contributed by atoms with E-state index in [1.54, 1.807) is 0 Å². The van der Waals surface area contributed by atoms with Gasteiger partial charge >= 0.3 is 0 Å². The Hall–Kier alpha value is -1.99. The summed E-state index contributed by atoms with van der Waals surface area (Å²) in [7, 11) is -1.45. The zero-order chi connectivity index (χ0) is 19.4. The summed E-state index contributed by atoms with van der Waals surface area (Å²) >= 11 is 0. The van der Waals surface area contributed by atoms with Gasteiger partial charge in [-0.2, -0.15) is 9.57 Å². The van der Waals surface area contributed by atoms with Gasteiger partial charge in [0.05, 0.1) is 49.8 Å². The Balaban J connectivity index is 1.54. The lowest BCUT2D eigenvalue weighted by Crippen LogP contribution is -3.12. The zero-order valence-corrected chi connectivity index (χ0v) is 16.3. The summed E-state index contributed by atoms with van der Waals surface area (Å²) in [6, 6.07) is 7.91. The van der Waals surface area contributed by atoms with Crippen molar-refractivity contribution >= 4 is 15.9 Å². The highest BCUT2D eigenvalue weighted by molar-refractivity contribution is 7.89. The summed E-state index contributed by atoms with van der Waals surface area (Å²) in [5.41, 5.74) is 3.42. The van der Waals surface area contributed by atoms with Crippen molar-refractivity contribution in [2.75, 3.05) is 46.3 Å². The Morgan fingerprint density at radius 2 is 1.74 bits per heavy atom. The van der Waals surface area contributed by atoms with Gasteiger partial charge in [0.2, 0.25) is 15.9 Å². The number of carbonyl (C=O) groups excluding carboxylic acids is 1. The predicted molar refractivity (Wildman–Crippen MR) is 99.0 cm³/mol. The van der Waals surface area contributed by atoms with E-state index in [2.05, 4.69) is 12.5 Å². The van der Waals surface area contributed by atoms with Gasteiger partial charge < -0.3 is 4.90 Å². The standard InChI is InChI=1S/C18H25N5O3S/c1-21-10-12-22(13-11-21)20-18(24)16-6-8-23(9-7-16)27(25,26)17-4-2-15(14-19)3-5-17/h2-5,16H,6-13H2,1H3,(H,20,24)/p+1. The van der Waals surface area contributed by atoms with Crippen molar-refractivity contribution in [1.82, 2.24) is 14.7 Å². The molecule has 0 atom stereocenters. The van der Waals surface area contributed by atoms with E-state index in [0.717, 1.165) is 26.2 Å². The Labute approximate surface area is 160 Å². The highest BCUT2D eigenvalue weighted by Gasteiger charge is 2.33. The molecule has 2 N–H and O–H groups in total. The molecule has 8 nitrogen and oxygen atoms in total. The highest BCUT2D eigenvalue weighted by atomic mass is 32.2. The summed E-state index contributed by atoms with van der Waals surface area (Å²) in [6.45, 7) is 4.33. The summed E-state index contributed by atoms with van der Waals surface area (Å²) in [5.74, 6) is -0.172. The zero-order valence-electron chi connectivity index (χ0n) is 15.5. The highest BCUT2D eigenvalue weighted by Crippen LogP contribution is 2.24. The fourth-order valence-electron chi connectivity index (χ4n) is 3.46. The van der Waals surface area contributed by atoms with E-state index in [9.17, 15) is 13.2 Å². The number of carbonyl (C=O) groups is 1. The van der Waals surface area contributed by atoms with Gasteiger partial charge in [0.15, 0.2) is 0 Å². The molecule has 2 aliphatic rings. The van der Waals surface area contributed by atoms with Gasteiger partial charge in [-0.15, -0.1) is 0 Å². The monoisotopic (exact) mass is 392 g/mol. The SMILES string of the molecule is C[NH+]1CCN(NC(=O)C2CCN(S(=O)(=O)c3ccc(C#N)cc3)CC2)CC1. The lowest BCUT2D eigenvalue weighted by molar-refractivity contribution is -0.884. The largest absolute Gasteiger partial charge is 0.335 e. The third-order valence-electron chi connectivity index (χ3n) is 5.33. The Morgan fingerprint density at radius 1 is 1.15 bits per heavy atom. The van der Waals surface area contributed by atoms with Crippen molar-refractivity contribution in [1.29, 1.82) is 5.26 Å². The number of piperazine rings is 1. The van der Waals surface area contributed by atoms with Crippen LogP contribution in [-0.2, 0) is 14.8 Å². The number of hydrogen-bond acceptors (Lipinski definition) is 5. The molecular formula is C18H26N5O3S+. The molecule has 2 saturated heterocycles. The Bertz CT molecular complexity index is 802. The smallest absolute Gasteiger partial charge is 0.243 e. The maximum Gasteiger partial charge on any atom is 0.243 e. The van der Waals surface area contributed by atoms with E-state index in [-0.39, 0.29) is 16.7 Å². The second kappa shape index (κ2) is 8.35. The molecule has 0 radical (unpaired) electrons. The number of nitrogens with zero attached hydrogens (tertiary/aromatic N) is 3. The number of sulfonamides is 1. The number of rotatable bonds is 4. The van der Waals surface area contributed by atoms with Gasteiger partial charge in [-0.1, -0.05) is 0 Å². The number of amides is 1. The topological polar surface area (TPSA) is 97.9 Å². The van der Waals surface area contributed by atoms with Crippen molar-refractivity contribution in [3.05, 3.63) is 29.8 Å². The van der Waals surface area contributed by atoms with E-state index in [0.29, 0.717) is 31.5 Å². The number of hydrazine groups is 1. The molecule has 3 rings (SSSR count). The first kappa shape index (κ1) is 19.8. The van der Waals surface area contributed by atoms with Crippen molar-refractivity contribution in [3.63, 3.8) is 0 Å². The van der Waals surface area contributed by atoms with Crippen LogP contribution in [0.3, 0.4) is 0 Å². The third-order valence-corrected chi connectivity index (χ3v) is 7.24. The van der Waals surface area contributed by atoms with E-state index < -0.39 is 10.0 Å². The van der Waals surface area contributed by atoms with E-state index in [1.165, 1.54) is 33.5 Å². The maximum absolute atomic E-state index is 12.7. The normalized spacial score (nSPS) is 20.9. The third kappa shape index (κ3) is 4.65. The lowest BCUT2D eigenvalue weighted by atomic mass is 9.97. The molecule has 2 fully saturated rings. The quantitative estimate of drug-likeness (QED) is 0.672. The van der Waals surface area contributed by atoms with Crippen molar-refractivity contribution in [3.8, 4) is 6.07 Å². The number of quaternary nitrogens is 1. The van der Waals surface area contributed by atoms with Gasteiger partial charge in [0.1, 0.15) is 0 Å². The van der Waals surface area contributed by atoms with Crippen LogP contribution in [0.25, 0.3) is 0 Å². The van der Waals surface area contributed by atoms with Crippen molar-refractivity contribution in [2.45, 2.75) is 17.7 Å². The van der Waals surface area contributed by atoms with Crippen LogP contribution in [0.2, 0.25) is 0 Å². The molecule has 1 aromatic rings. The van der Waals surface area contributed by atoms with Crippen LogP contribution in [0, 0.1) is 17.2 Å². The Kier molecular flexibility index (Phi) is 6.11. The fraction of sp³-hybridized carbons (Fsp3) is 0.556. The molecule has 0 aromatic heterocycles. The second-order valence-electron chi connectivity index (χ2n) is 7.23. The average Bonchev–Trinajstić information content (AvgIpc) is 2.70. The summed E-state index contributed by atoms with van der Waals surface area (Å²) in [6.07, 6.45) is 1.03. The number of nitriles is 1. The minimum atomic E-state index is -3.59. The average molecular weight is 393 g/mol. The number of benzene rings is 1. The molecule has 1 amide bonds. The van der Waals surface area contributed by atoms with Crippen LogP contribution in [0.1, 0.15) is 18.4 Å². The molecular weight excluding hydrogens is 366 g/mol. The second-order valence-corrected chi connectivity index (χ2v) is 9.17. The van der Waals surface area contributed by atoms with Crippen LogP contribution < -0.4 is 10.3 Å². The van der Waals surface area contributed by atoms with E-state index in [1.807, 2.05) is 11.1 Å².